The van der Waals surface area contributed by atoms with Crippen molar-refractivity contribution in [2.45, 2.75) is 19.4 Å². The van der Waals surface area contributed by atoms with Crippen LogP contribution in [0.3, 0.4) is 0 Å². The van der Waals surface area contributed by atoms with Gasteiger partial charge in [-0.25, -0.2) is 9.07 Å². The summed E-state index contributed by atoms with van der Waals surface area (Å²) in [5, 5.41) is 11.3. The molecule has 2 heterocycles. The molecule has 0 spiro atoms. The van der Waals surface area contributed by atoms with Crippen molar-refractivity contribution in [2.75, 3.05) is 6.54 Å². The maximum absolute atomic E-state index is 13.6. The van der Waals surface area contributed by atoms with E-state index in [4.69, 9.17) is 0 Å². The number of carbonyl (C=O) groups excluding carboxylic acids is 1. The van der Waals surface area contributed by atoms with Crippen molar-refractivity contribution in [3.05, 3.63) is 102 Å². The molecule has 30 heavy (non-hydrogen) atoms. The second-order valence-electron chi connectivity index (χ2n) is 7.16. The van der Waals surface area contributed by atoms with Gasteiger partial charge in [0.2, 0.25) is 0 Å². The maximum Gasteiger partial charge on any atom is 0.275 e. The van der Waals surface area contributed by atoms with Crippen molar-refractivity contribution < 1.29 is 9.18 Å². The standard InChI is InChI=1S/C23H22FN5O/c1-17(19-9-3-2-4-10-19)15-25-22(30)21-23(28-12-5-6-13-28)29(27-26-21)16-18-8-7-11-20(24)14-18/h2-14,17H,15-16H2,1H3,(H,25,30)/t17-/m0/s1. The van der Waals surface area contributed by atoms with E-state index in [1.54, 1.807) is 15.3 Å². The van der Waals surface area contributed by atoms with Crippen LogP contribution in [0.5, 0.6) is 0 Å². The lowest BCUT2D eigenvalue weighted by Gasteiger charge is -2.13. The normalized spacial score (nSPS) is 11.9. The molecule has 4 aromatic rings. The Balaban J connectivity index is 1.57. The SMILES string of the molecule is C[C@@H](CNC(=O)c1nnn(Cc2cccc(F)c2)c1-n1cccc1)c1ccccc1. The minimum absolute atomic E-state index is 0.160. The Labute approximate surface area is 174 Å². The predicted octanol–water partition coefficient (Wildman–Crippen LogP) is 3.79. The van der Waals surface area contributed by atoms with E-state index in [9.17, 15) is 9.18 Å². The Kier molecular flexibility index (Phi) is 5.70. The highest BCUT2D eigenvalue weighted by atomic mass is 19.1. The van der Waals surface area contributed by atoms with E-state index >= 15 is 0 Å². The number of nitrogens with one attached hydrogen (secondary N) is 1. The first kappa shape index (κ1) is 19.6. The highest BCUT2D eigenvalue weighted by molar-refractivity contribution is 5.95. The molecule has 1 amide bonds. The summed E-state index contributed by atoms with van der Waals surface area (Å²) in [6.07, 6.45) is 3.65. The average Bonchev–Trinajstić information content (AvgIpc) is 3.42. The summed E-state index contributed by atoms with van der Waals surface area (Å²) in [6.45, 7) is 2.83. The average molecular weight is 403 g/mol. The molecule has 152 valence electrons. The van der Waals surface area contributed by atoms with Gasteiger partial charge < -0.3 is 9.88 Å². The fourth-order valence-electron chi connectivity index (χ4n) is 3.33. The van der Waals surface area contributed by atoms with Crippen LogP contribution in [0, 0.1) is 5.82 Å². The van der Waals surface area contributed by atoms with Crippen LogP contribution in [0.4, 0.5) is 4.39 Å². The minimum Gasteiger partial charge on any atom is -0.350 e. The minimum atomic E-state index is -0.317. The topological polar surface area (TPSA) is 64.7 Å². The van der Waals surface area contributed by atoms with Crippen molar-refractivity contribution in [3.8, 4) is 5.82 Å². The quantitative estimate of drug-likeness (QED) is 0.511. The van der Waals surface area contributed by atoms with E-state index in [0.717, 1.165) is 11.1 Å². The van der Waals surface area contributed by atoms with Gasteiger partial charge in [0, 0.05) is 18.9 Å². The molecule has 6 nitrogen and oxygen atoms in total. The van der Waals surface area contributed by atoms with E-state index in [-0.39, 0.29) is 23.3 Å². The van der Waals surface area contributed by atoms with Gasteiger partial charge in [0.25, 0.3) is 5.91 Å². The second kappa shape index (κ2) is 8.73. The van der Waals surface area contributed by atoms with Crippen LogP contribution < -0.4 is 5.32 Å². The van der Waals surface area contributed by atoms with E-state index in [2.05, 4.69) is 22.6 Å². The number of halogens is 1. The molecule has 0 saturated heterocycles. The monoisotopic (exact) mass is 403 g/mol. The van der Waals surface area contributed by atoms with Crippen molar-refractivity contribution >= 4 is 5.91 Å². The van der Waals surface area contributed by atoms with Crippen LogP contribution >= 0.6 is 0 Å². The number of nitrogens with zero attached hydrogens (tertiary/aromatic N) is 4. The van der Waals surface area contributed by atoms with Crippen molar-refractivity contribution in [1.29, 1.82) is 0 Å². The summed E-state index contributed by atoms with van der Waals surface area (Å²) in [7, 11) is 0. The van der Waals surface area contributed by atoms with E-state index in [0.29, 0.717) is 18.9 Å². The summed E-state index contributed by atoms with van der Waals surface area (Å²) in [5.74, 6) is 0.0802. The third-order valence-electron chi connectivity index (χ3n) is 4.93. The maximum atomic E-state index is 13.6. The van der Waals surface area contributed by atoms with Gasteiger partial charge in [-0.05, 0) is 41.3 Å². The van der Waals surface area contributed by atoms with Crippen molar-refractivity contribution in [2.24, 2.45) is 0 Å². The van der Waals surface area contributed by atoms with Crippen LogP contribution in [0.15, 0.2) is 79.1 Å². The van der Waals surface area contributed by atoms with Crippen LogP contribution in [-0.2, 0) is 6.54 Å². The lowest BCUT2D eigenvalue weighted by Crippen LogP contribution is -2.29. The molecule has 0 saturated carbocycles. The van der Waals surface area contributed by atoms with E-state index in [1.807, 2.05) is 60.9 Å². The first-order valence-corrected chi connectivity index (χ1v) is 9.76. The van der Waals surface area contributed by atoms with Crippen LogP contribution in [-0.4, -0.2) is 32.0 Å². The lowest BCUT2D eigenvalue weighted by atomic mass is 10.0. The van der Waals surface area contributed by atoms with Gasteiger partial charge in [-0.2, -0.15) is 0 Å². The molecule has 0 aliphatic heterocycles. The number of hydrogen-bond donors (Lipinski definition) is 1. The molecule has 2 aromatic carbocycles. The Morgan fingerprint density at radius 3 is 2.57 bits per heavy atom. The molecule has 2 aromatic heterocycles. The van der Waals surface area contributed by atoms with Gasteiger partial charge in [-0.3, -0.25) is 4.79 Å². The van der Waals surface area contributed by atoms with Gasteiger partial charge in [-0.15, -0.1) is 5.10 Å². The number of hydrogen-bond acceptors (Lipinski definition) is 3. The number of benzene rings is 2. The Hall–Kier alpha value is -3.74. The fraction of sp³-hybridized carbons (Fsp3) is 0.174. The van der Waals surface area contributed by atoms with Crippen LogP contribution in [0.1, 0.15) is 34.5 Å². The van der Waals surface area contributed by atoms with Gasteiger partial charge in [-0.1, -0.05) is 54.6 Å². The zero-order chi connectivity index (χ0) is 20.9. The molecule has 4 rings (SSSR count). The van der Waals surface area contributed by atoms with Gasteiger partial charge in [0.1, 0.15) is 5.82 Å². The summed E-state index contributed by atoms with van der Waals surface area (Å²) in [4.78, 5) is 12.9. The van der Waals surface area contributed by atoms with Crippen molar-refractivity contribution in [3.63, 3.8) is 0 Å². The summed E-state index contributed by atoms with van der Waals surface area (Å²) >= 11 is 0. The molecule has 0 bridgehead atoms. The zero-order valence-electron chi connectivity index (χ0n) is 16.6. The molecule has 1 N–H and O–H groups in total. The second-order valence-corrected chi connectivity index (χ2v) is 7.16. The number of rotatable bonds is 7. The number of aromatic nitrogens is 4. The Morgan fingerprint density at radius 2 is 1.83 bits per heavy atom. The van der Waals surface area contributed by atoms with E-state index in [1.165, 1.54) is 12.1 Å². The van der Waals surface area contributed by atoms with E-state index < -0.39 is 0 Å². The van der Waals surface area contributed by atoms with Crippen LogP contribution in [0.2, 0.25) is 0 Å². The van der Waals surface area contributed by atoms with Gasteiger partial charge in [0.05, 0.1) is 6.54 Å². The van der Waals surface area contributed by atoms with Crippen molar-refractivity contribution in [1.82, 2.24) is 24.9 Å². The van der Waals surface area contributed by atoms with Crippen LogP contribution in [0.25, 0.3) is 5.82 Å². The summed E-state index contributed by atoms with van der Waals surface area (Å²) < 4.78 is 17.0. The molecular weight excluding hydrogens is 381 g/mol. The molecule has 0 radical (unpaired) electrons. The largest absolute Gasteiger partial charge is 0.350 e. The molecule has 0 fully saturated rings. The third-order valence-corrected chi connectivity index (χ3v) is 4.93. The molecular formula is C23H22FN5O. The summed E-state index contributed by atoms with van der Waals surface area (Å²) in [6, 6.07) is 20.0. The molecule has 0 unspecified atom stereocenters. The Bertz CT molecular complexity index is 1120. The smallest absolute Gasteiger partial charge is 0.275 e. The third kappa shape index (κ3) is 4.30. The highest BCUT2D eigenvalue weighted by Crippen LogP contribution is 2.17. The first-order valence-electron chi connectivity index (χ1n) is 9.76. The molecule has 0 aliphatic rings. The summed E-state index contributed by atoms with van der Waals surface area (Å²) in [5.41, 5.74) is 2.11. The van der Waals surface area contributed by atoms with Gasteiger partial charge in [0.15, 0.2) is 11.5 Å². The molecule has 7 heteroatoms. The number of carbonyl (C=O) groups is 1. The molecule has 0 aliphatic carbocycles. The molecule has 1 atom stereocenters. The lowest BCUT2D eigenvalue weighted by molar-refractivity contribution is 0.0946. The number of amides is 1. The fourth-order valence-corrected chi connectivity index (χ4v) is 3.33. The predicted molar refractivity (Wildman–Crippen MR) is 112 cm³/mol. The zero-order valence-corrected chi connectivity index (χ0v) is 16.6. The first-order chi connectivity index (χ1) is 14.6. The van der Waals surface area contributed by atoms with Gasteiger partial charge >= 0.3 is 0 Å². The highest BCUT2D eigenvalue weighted by Gasteiger charge is 2.22. The Morgan fingerprint density at radius 1 is 1.07 bits per heavy atom.